The molecule has 1 saturated heterocycles. The van der Waals surface area contributed by atoms with Gasteiger partial charge in [0.05, 0.1) is 6.04 Å². The zero-order chi connectivity index (χ0) is 18.8. The Balaban J connectivity index is 1.40. The Kier molecular flexibility index (Phi) is 4.67. The molecule has 5 heteroatoms. The van der Waals surface area contributed by atoms with Gasteiger partial charge >= 0.3 is 0 Å². The van der Waals surface area contributed by atoms with Gasteiger partial charge in [0.2, 0.25) is 5.91 Å². The van der Waals surface area contributed by atoms with E-state index >= 15 is 0 Å². The van der Waals surface area contributed by atoms with Gasteiger partial charge in [-0.25, -0.2) is 0 Å². The Bertz CT molecular complexity index is 942. The van der Waals surface area contributed by atoms with Crippen LogP contribution in [-0.2, 0) is 11.3 Å². The highest BCUT2D eigenvalue weighted by Crippen LogP contribution is 2.24. The van der Waals surface area contributed by atoms with Crippen LogP contribution in [0.5, 0.6) is 0 Å². The van der Waals surface area contributed by atoms with Gasteiger partial charge in [-0.05, 0) is 43.2 Å². The number of carbonyl (C=O) groups is 2. The molecule has 1 N–H and O–H groups in total. The van der Waals surface area contributed by atoms with E-state index in [1.165, 1.54) is 0 Å². The zero-order valence-corrected chi connectivity index (χ0v) is 15.3. The molecule has 2 amide bonds. The Hall–Kier alpha value is -3.08. The highest BCUT2D eigenvalue weighted by Gasteiger charge is 2.20. The molecule has 0 radical (unpaired) electrons. The molecule has 1 atom stereocenters. The molecule has 27 heavy (non-hydrogen) atoms. The maximum atomic E-state index is 12.5. The fourth-order valence-electron chi connectivity index (χ4n) is 3.42. The van der Waals surface area contributed by atoms with Crippen molar-refractivity contribution in [1.82, 2.24) is 10.2 Å². The molecule has 1 aliphatic heterocycles. The minimum Gasteiger partial charge on any atom is -0.459 e. The van der Waals surface area contributed by atoms with Gasteiger partial charge in [0.1, 0.15) is 11.3 Å². The van der Waals surface area contributed by atoms with Crippen LogP contribution in [-0.4, -0.2) is 23.3 Å². The average molecular weight is 362 g/mol. The molecule has 1 aliphatic rings. The van der Waals surface area contributed by atoms with Crippen molar-refractivity contribution in [3.63, 3.8) is 0 Å². The van der Waals surface area contributed by atoms with Crippen LogP contribution in [0.3, 0.4) is 0 Å². The number of rotatable bonds is 5. The predicted molar refractivity (Wildman–Crippen MR) is 103 cm³/mol. The number of furan rings is 1. The Morgan fingerprint density at radius 1 is 1.19 bits per heavy atom. The molecule has 0 aliphatic carbocycles. The normalized spacial score (nSPS) is 15.3. The van der Waals surface area contributed by atoms with Crippen molar-refractivity contribution >= 4 is 22.8 Å². The summed E-state index contributed by atoms with van der Waals surface area (Å²) in [4.78, 5) is 26.1. The van der Waals surface area contributed by atoms with Crippen molar-refractivity contribution in [1.29, 1.82) is 0 Å². The van der Waals surface area contributed by atoms with Gasteiger partial charge in [0.25, 0.3) is 5.91 Å². The number of amides is 2. The summed E-state index contributed by atoms with van der Waals surface area (Å²) in [6.45, 7) is 3.33. The van der Waals surface area contributed by atoms with E-state index in [4.69, 9.17) is 4.42 Å². The third kappa shape index (κ3) is 3.72. The van der Waals surface area contributed by atoms with E-state index in [0.29, 0.717) is 18.5 Å². The van der Waals surface area contributed by atoms with E-state index in [2.05, 4.69) is 5.32 Å². The fourth-order valence-corrected chi connectivity index (χ4v) is 3.42. The lowest BCUT2D eigenvalue weighted by atomic mass is 10.1. The van der Waals surface area contributed by atoms with Crippen LogP contribution in [0.15, 0.2) is 59.0 Å². The van der Waals surface area contributed by atoms with Crippen molar-refractivity contribution in [3.8, 4) is 0 Å². The fraction of sp³-hybridized carbons (Fsp3) is 0.273. The molecule has 0 saturated carbocycles. The molecule has 1 fully saturated rings. The first kappa shape index (κ1) is 17.3. The van der Waals surface area contributed by atoms with Crippen molar-refractivity contribution < 1.29 is 14.0 Å². The van der Waals surface area contributed by atoms with E-state index in [0.717, 1.165) is 35.3 Å². The van der Waals surface area contributed by atoms with Crippen molar-refractivity contribution in [3.05, 3.63) is 71.5 Å². The second-order valence-corrected chi connectivity index (χ2v) is 7.00. The molecule has 5 nitrogen and oxygen atoms in total. The van der Waals surface area contributed by atoms with Crippen molar-refractivity contribution in [2.75, 3.05) is 6.54 Å². The number of fused-ring (bicyclic) bond motifs is 1. The van der Waals surface area contributed by atoms with Crippen LogP contribution >= 0.6 is 0 Å². The molecule has 138 valence electrons. The lowest BCUT2D eigenvalue weighted by molar-refractivity contribution is -0.128. The molecule has 0 bridgehead atoms. The summed E-state index contributed by atoms with van der Waals surface area (Å²) < 4.78 is 5.82. The highest BCUT2D eigenvalue weighted by atomic mass is 16.3. The molecule has 0 spiro atoms. The Morgan fingerprint density at radius 3 is 2.67 bits per heavy atom. The molecule has 3 aromatic rings. The maximum absolute atomic E-state index is 12.5. The predicted octanol–water partition coefficient (Wildman–Crippen LogP) is 4.05. The van der Waals surface area contributed by atoms with Gasteiger partial charge in [0.15, 0.2) is 0 Å². The van der Waals surface area contributed by atoms with Crippen LogP contribution in [0.2, 0.25) is 0 Å². The van der Waals surface area contributed by atoms with Crippen molar-refractivity contribution in [2.45, 2.75) is 32.4 Å². The van der Waals surface area contributed by atoms with Crippen LogP contribution in [0, 0.1) is 0 Å². The summed E-state index contributed by atoms with van der Waals surface area (Å²) in [6, 6.07) is 16.9. The number of benzene rings is 2. The number of hydrogen-bond donors (Lipinski definition) is 1. The summed E-state index contributed by atoms with van der Waals surface area (Å²) >= 11 is 0. The molecular weight excluding hydrogens is 340 g/mol. The third-order valence-corrected chi connectivity index (χ3v) is 4.98. The number of likely N-dealkylation sites (tertiary alicyclic amines) is 1. The van der Waals surface area contributed by atoms with Crippen LogP contribution in [0.25, 0.3) is 11.0 Å². The summed E-state index contributed by atoms with van der Waals surface area (Å²) in [5, 5.41) is 4.00. The first-order valence-electron chi connectivity index (χ1n) is 9.26. The number of carbonyl (C=O) groups excluding carboxylic acids is 2. The highest BCUT2D eigenvalue weighted by molar-refractivity contribution is 5.94. The van der Waals surface area contributed by atoms with Crippen LogP contribution < -0.4 is 5.32 Å². The van der Waals surface area contributed by atoms with Gasteiger partial charge < -0.3 is 14.6 Å². The minimum absolute atomic E-state index is 0.147. The lowest BCUT2D eigenvalue weighted by Crippen LogP contribution is -2.26. The summed E-state index contributed by atoms with van der Waals surface area (Å²) in [5.41, 5.74) is 2.44. The smallest absolute Gasteiger partial charge is 0.251 e. The standard InChI is InChI=1S/C22H22N2O3/c1-15(20-13-18-5-2-3-6-19(18)27-20)23-22(26)17-10-8-16(9-11-17)14-24-12-4-7-21(24)25/h2-3,5-6,8-11,13,15H,4,7,12,14H2,1H3,(H,23,26). The molecule has 4 rings (SSSR count). The first-order valence-corrected chi connectivity index (χ1v) is 9.26. The number of nitrogens with one attached hydrogen (secondary N) is 1. The van der Waals surface area contributed by atoms with Crippen molar-refractivity contribution in [2.24, 2.45) is 0 Å². The number of hydrogen-bond acceptors (Lipinski definition) is 3. The van der Waals surface area contributed by atoms with E-state index in [-0.39, 0.29) is 17.9 Å². The van der Waals surface area contributed by atoms with Gasteiger partial charge in [-0.3, -0.25) is 9.59 Å². The second-order valence-electron chi connectivity index (χ2n) is 7.00. The Morgan fingerprint density at radius 2 is 1.96 bits per heavy atom. The minimum atomic E-state index is -0.230. The maximum Gasteiger partial charge on any atom is 0.251 e. The zero-order valence-electron chi connectivity index (χ0n) is 15.3. The third-order valence-electron chi connectivity index (χ3n) is 4.98. The van der Waals surface area contributed by atoms with Gasteiger partial charge in [-0.2, -0.15) is 0 Å². The van der Waals surface area contributed by atoms with Gasteiger partial charge in [-0.15, -0.1) is 0 Å². The van der Waals surface area contributed by atoms with Gasteiger partial charge in [0, 0.05) is 30.5 Å². The quantitative estimate of drug-likeness (QED) is 0.745. The SMILES string of the molecule is CC(NC(=O)c1ccc(CN2CCCC2=O)cc1)c1cc2ccccc2o1. The van der Waals surface area contributed by atoms with E-state index in [1.807, 2.05) is 54.3 Å². The Labute approximate surface area is 158 Å². The average Bonchev–Trinajstić information content (AvgIpc) is 3.28. The largest absolute Gasteiger partial charge is 0.459 e. The second kappa shape index (κ2) is 7.27. The molecule has 1 unspecified atom stereocenters. The van der Waals surface area contributed by atoms with Crippen LogP contribution in [0.1, 0.15) is 47.5 Å². The lowest BCUT2D eigenvalue weighted by Gasteiger charge is -2.16. The first-order chi connectivity index (χ1) is 13.1. The van der Waals surface area contributed by atoms with Crippen LogP contribution in [0.4, 0.5) is 0 Å². The monoisotopic (exact) mass is 362 g/mol. The summed E-state index contributed by atoms with van der Waals surface area (Å²) in [6.07, 6.45) is 1.57. The summed E-state index contributed by atoms with van der Waals surface area (Å²) in [7, 11) is 0. The number of nitrogens with zero attached hydrogens (tertiary/aromatic N) is 1. The van der Waals surface area contributed by atoms with Gasteiger partial charge in [-0.1, -0.05) is 30.3 Å². The van der Waals surface area contributed by atoms with E-state index in [1.54, 1.807) is 12.1 Å². The van der Waals surface area contributed by atoms with E-state index in [9.17, 15) is 9.59 Å². The summed E-state index contributed by atoms with van der Waals surface area (Å²) in [5.74, 6) is 0.789. The molecule has 2 aromatic carbocycles. The molecular formula is C22H22N2O3. The van der Waals surface area contributed by atoms with E-state index < -0.39 is 0 Å². The number of para-hydroxylation sites is 1. The molecule has 1 aromatic heterocycles. The molecule has 2 heterocycles. The topological polar surface area (TPSA) is 62.6 Å².